The van der Waals surface area contributed by atoms with Crippen LogP contribution in [0.5, 0.6) is 5.75 Å². The van der Waals surface area contributed by atoms with Gasteiger partial charge in [0, 0.05) is 17.6 Å². The molecule has 0 aliphatic heterocycles. The number of aromatic nitrogens is 2. The Kier molecular flexibility index (Phi) is 6.09. The summed E-state index contributed by atoms with van der Waals surface area (Å²) in [6, 6.07) is 19.4. The van der Waals surface area contributed by atoms with E-state index in [-0.39, 0.29) is 23.4 Å². The van der Waals surface area contributed by atoms with Crippen LogP contribution in [0.25, 0.3) is 16.6 Å². The maximum atomic E-state index is 13.5. The smallest absolute Gasteiger partial charge is 0.336 e. The molecule has 0 aliphatic carbocycles. The summed E-state index contributed by atoms with van der Waals surface area (Å²) in [7, 11) is 1.58. The van der Waals surface area contributed by atoms with Crippen molar-refractivity contribution in [1.82, 2.24) is 8.75 Å². The van der Waals surface area contributed by atoms with Gasteiger partial charge in [-0.05, 0) is 42.3 Å². The first kappa shape index (κ1) is 21.4. The molecule has 0 atom stereocenters. The minimum Gasteiger partial charge on any atom is -0.497 e. The summed E-state index contributed by atoms with van der Waals surface area (Å²) in [5, 5.41) is 10.2. The van der Waals surface area contributed by atoms with Gasteiger partial charge in [0.2, 0.25) is 0 Å². The lowest BCUT2D eigenvalue weighted by atomic mass is 9.89. The number of Topliss-reactive ketones (excluding diaryl/α,β-unsaturated/α-hetero) is 1. The number of carbonyl (C=O) groups is 2. The van der Waals surface area contributed by atoms with E-state index in [2.05, 4.69) is 8.75 Å². The molecule has 1 N–H and O–H groups in total. The molecular weight excluding hydrogens is 424 g/mol. The predicted octanol–water partition coefficient (Wildman–Crippen LogP) is 4.97. The lowest BCUT2D eigenvalue weighted by Gasteiger charge is -2.14. The monoisotopic (exact) mass is 444 g/mol. The molecule has 6 nitrogen and oxygen atoms in total. The number of carbonyl (C=O) groups excluding carboxylic acids is 1. The largest absolute Gasteiger partial charge is 0.497 e. The average molecular weight is 445 g/mol. The van der Waals surface area contributed by atoms with E-state index in [0.717, 1.165) is 22.9 Å². The van der Waals surface area contributed by atoms with Crippen molar-refractivity contribution in [2.45, 2.75) is 13.3 Å². The van der Waals surface area contributed by atoms with Crippen molar-refractivity contribution < 1.29 is 19.4 Å². The zero-order valence-corrected chi connectivity index (χ0v) is 18.3. The minimum atomic E-state index is -1.17. The van der Waals surface area contributed by atoms with E-state index in [1.807, 2.05) is 31.2 Å². The molecule has 0 aliphatic rings. The summed E-state index contributed by atoms with van der Waals surface area (Å²) >= 11 is 1.06. The minimum absolute atomic E-state index is 0.0405. The SMILES string of the molecule is COc1ccc(C/C(C(=O)c2ccc(C)cc2)=C(\C(=O)O)c2ccc3nsnc3c2)cc1. The highest BCUT2D eigenvalue weighted by Crippen LogP contribution is 2.28. The van der Waals surface area contributed by atoms with Gasteiger partial charge in [0.25, 0.3) is 0 Å². The number of aliphatic carboxylic acids is 1. The Morgan fingerprint density at radius 1 is 0.906 bits per heavy atom. The zero-order chi connectivity index (χ0) is 22.7. The number of carboxylic acids is 1. The van der Waals surface area contributed by atoms with Crippen LogP contribution in [0.15, 0.2) is 72.3 Å². The van der Waals surface area contributed by atoms with Gasteiger partial charge < -0.3 is 9.84 Å². The molecule has 0 spiro atoms. The van der Waals surface area contributed by atoms with Gasteiger partial charge in [0.15, 0.2) is 5.78 Å². The molecule has 0 radical (unpaired) electrons. The van der Waals surface area contributed by atoms with E-state index in [0.29, 0.717) is 27.9 Å². The van der Waals surface area contributed by atoms with Crippen LogP contribution in [0.2, 0.25) is 0 Å². The van der Waals surface area contributed by atoms with Crippen molar-refractivity contribution in [1.29, 1.82) is 0 Å². The Morgan fingerprint density at radius 3 is 2.22 bits per heavy atom. The fourth-order valence-electron chi connectivity index (χ4n) is 3.47. The third kappa shape index (κ3) is 4.43. The highest BCUT2D eigenvalue weighted by atomic mass is 32.1. The van der Waals surface area contributed by atoms with Gasteiger partial charge in [0.1, 0.15) is 16.8 Å². The molecular formula is C25H20N2O4S. The number of ether oxygens (including phenoxy) is 1. The average Bonchev–Trinajstić information content (AvgIpc) is 3.27. The summed E-state index contributed by atoms with van der Waals surface area (Å²) in [5.74, 6) is -0.810. The number of hydrogen-bond acceptors (Lipinski definition) is 6. The van der Waals surface area contributed by atoms with Crippen molar-refractivity contribution in [2.75, 3.05) is 7.11 Å². The van der Waals surface area contributed by atoms with E-state index in [1.54, 1.807) is 49.6 Å². The van der Waals surface area contributed by atoms with E-state index in [9.17, 15) is 14.7 Å². The van der Waals surface area contributed by atoms with Gasteiger partial charge in [0.05, 0.1) is 24.4 Å². The molecule has 32 heavy (non-hydrogen) atoms. The number of allylic oxidation sites excluding steroid dienone is 1. The Bertz CT molecular complexity index is 1320. The summed E-state index contributed by atoms with van der Waals surface area (Å²) in [5.41, 5.74) is 4.12. The molecule has 4 aromatic rings. The van der Waals surface area contributed by atoms with Crippen molar-refractivity contribution in [3.63, 3.8) is 0 Å². The summed E-state index contributed by atoms with van der Waals surface area (Å²) in [4.78, 5) is 26.0. The van der Waals surface area contributed by atoms with Crippen LogP contribution in [0.3, 0.4) is 0 Å². The number of hydrogen-bond donors (Lipinski definition) is 1. The van der Waals surface area contributed by atoms with Crippen LogP contribution >= 0.6 is 11.7 Å². The van der Waals surface area contributed by atoms with Gasteiger partial charge >= 0.3 is 5.97 Å². The van der Waals surface area contributed by atoms with Crippen LogP contribution < -0.4 is 4.74 Å². The van der Waals surface area contributed by atoms with Crippen molar-refractivity contribution >= 4 is 40.1 Å². The molecule has 1 heterocycles. The Labute approximate surface area is 189 Å². The highest BCUT2D eigenvalue weighted by molar-refractivity contribution is 7.00. The van der Waals surface area contributed by atoms with Crippen molar-refractivity contribution in [2.24, 2.45) is 0 Å². The summed E-state index contributed by atoms with van der Waals surface area (Å²) in [6.45, 7) is 1.93. The van der Waals surface area contributed by atoms with Crippen LogP contribution in [-0.4, -0.2) is 32.7 Å². The number of benzene rings is 3. The quantitative estimate of drug-likeness (QED) is 0.320. The fraction of sp³-hybridized carbons (Fsp3) is 0.120. The van der Waals surface area contributed by atoms with Gasteiger partial charge in [-0.25, -0.2) is 4.79 Å². The van der Waals surface area contributed by atoms with E-state index in [1.165, 1.54) is 0 Å². The van der Waals surface area contributed by atoms with Gasteiger partial charge in [-0.3, -0.25) is 4.79 Å². The van der Waals surface area contributed by atoms with Crippen LogP contribution in [0.1, 0.15) is 27.0 Å². The van der Waals surface area contributed by atoms with Crippen molar-refractivity contribution in [3.8, 4) is 5.75 Å². The first-order chi connectivity index (χ1) is 15.5. The molecule has 0 unspecified atom stereocenters. The normalized spacial score (nSPS) is 11.8. The first-order valence-corrected chi connectivity index (χ1v) is 10.6. The third-order valence-electron chi connectivity index (χ3n) is 5.19. The molecule has 1 aromatic heterocycles. The second-order valence-corrected chi connectivity index (χ2v) is 7.87. The second kappa shape index (κ2) is 9.11. The second-order valence-electron chi connectivity index (χ2n) is 7.35. The molecule has 4 rings (SSSR count). The van der Waals surface area contributed by atoms with Gasteiger partial charge in [-0.15, -0.1) is 0 Å². The molecule has 3 aromatic carbocycles. The van der Waals surface area contributed by atoms with E-state index >= 15 is 0 Å². The van der Waals surface area contributed by atoms with Gasteiger partial charge in [-0.2, -0.15) is 8.75 Å². The number of carboxylic acid groups (broad SMARTS) is 1. The zero-order valence-electron chi connectivity index (χ0n) is 17.5. The summed E-state index contributed by atoms with van der Waals surface area (Å²) < 4.78 is 13.6. The molecule has 0 fully saturated rings. The van der Waals surface area contributed by atoms with Crippen LogP contribution in [0, 0.1) is 6.92 Å². The third-order valence-corrected chi connectivity index (χ3v) is 5.74. The van der Waals surface area contributed by atoms with Crippen molar-refractivity contribution in [3.05, 3.63) is 94.6 Å². The lowest BCUT2D eigenvalue weighted by Crippen LogP contribution is -2.14. The predicted molar refractivity (Wildman–Crippen MR) is 124 cm³/mol. The molecule has 0 amide bonds. The number of ketones is 1. The Balaban J connectivity index is 1.88. The molecule has 0 saturated heterocycles. The van der Waals surface area contributed by atoms with Crippen LogP contribution in [0.4, 0.5) is 0 Å². The number of methoxy groups -OCH3 is 1. The summed E-state index contributed by atoms with van der Waals surface area (Å²) in [6.07, 6.45) is 0.158. The van der Waals surface area contributed by atoms with Crippen LogP contribution in [-0.2, 0) is 11.2 Å². The van der Waals surface area contributed by atoms with E-state index in [4.69, 9.17) is 4.74 Å². The van der Waals surface area contributed by atoms with E-state index < -0.39 is 5.97 Å². The highest BCUT2D eigenvalue weighted by Gasteiger charge is 2.24. The fourth-order valence-corrected chi connectivity index (χ4v) is 3.99. The topological polar surface area (TPSA) is 89.4 Å². The molecule has 0 bridgehead atoms. The number of aryl methyl sites for hydroxylation is 1. The molecule has 160 valence electrons. The molecule has 7 heteroatoms. The Hall–Kier alpha value is -3.84. The number of nitrogens with zero attached hydrogens (tertiary/aromatic N) is 2. The van der Waals surface area contributed by atoms with Gasteiger partial charge in [-0.1, -0.05) is 48.0 Å². The maximum Gasteiger partial charge on any atom is 0.336 e. The first-order valence-electron chi connectivity index (χ1n) is 9.89. The Morgan fingerprint density at radius 2 is 1.56 bits per heavy atom. The molecule has 0 saturated carbocycles. The number of rotatable bonds is 7. The maximum absolute atomic E-state index is 13.5. The number of fused-ring (bicyclic) bond motifs is 1. The standard InChI is InChI=1S/C25H20N2O4S/c1-15-3-7-17(8-4-15)24(28)20(13-16-5-10-19(31-2)11-6-16)23(25(29)30)18-9-12-21-22(14-18)27-32-26-21/h3-12,14H,13H2,1-2H3,(H,29,30)/b23-20+. The lowest BCUT2D eigenvalue weighted by molar-refractivity contribution is -0.130.